The minimum absolute atomic E-state index is 0.246. The van der Waals surface area contributed by atoms with E-state index in [9.17, 15) is 4.79 Å². The molecule has 0 bridgehead atoms. The van der Waals surface area contributed by atoms with Gasteiger partial charge in [-0.25, -0.2) is 0 Å². The summed E-state index contributed by atoms with van der Waals surface area (Å²) in [5.74, 6) is 0.246. The summed E-state index contributed by atoms with van der Waals surface area (Å²) >= 11 is 0. The highest BCUT2D eigenvalue weighted by atomic mass is 16.2. The monoisotopic (exact) mass is 272 g/mol. The van der Waals surface area contributed by atoms with E-state index in [2.05, 4.69) is 24.9 Å². The number of hydrogen-bond donors (Lipinski definition) is 1. The van der Waals surface area contributed by atoms with Crippen molar-refractivity contribution in [3.63, 3.8) is 0 Å². The highest BCUT2D eigenvalue weighted by molar-refractivity contribution is 5.83. The molecule has 0 radical (unpaired) electrons. The van der Waals surface area contributed by atoms with Gasteiger partial charge in [0.15, 0.2) is 0 Å². The number of carbonyl (C=O) groups is 1. The fraction of sp³-hybridized carbons (Fsp3) is 0.471. The molecule has 0 aliphatic heterocycles. The maximum atomic E-state index is 12.4. The van der Waals surface area contributed by atoms with Gasteiger partial charge in [-0.15, -0.1) is 0 Å². The second-order valence-electron chi connectivity index (χ2n) is 5.31. The molecule has 3 nitrogen and oxygen atoms in total. The van der Waals surface area contributed by atoms with Crippen LogP contribution in [-0.2, 0) is 11.2 Å². The minimum Gasteiger partial charge on any atom is -0.361 e. The molecule has 1 N–H and O–H groups in total. The van der Waals surface area contributed by atoms with Gasteiger partial charge in [-0.2, -0.15) is 0 Å². The van der Waals surface area contributed by atoms with Crippen LogP contribution in [-0.4, -0.2) is 28.9 Å². The average Bonchev–Trinajstić information content (AvgIpc) is 2.90. The van der Waals surface area contributed by atoms with Crippen molar-refractivity contribution in [2.45, 2.75) is 39.5 Å². The van der Waals surface area contributed by atoms with Gasteiger partial charge in [0.1, 0.15) is 0 Å². The Labute approximate surface area is 121 Å². The van der Waals surface area contributed by atoms with Crippen LogP contribution < -0.4 is 0 Å². The van der Waals surface area contributed by atoms with Crippen LogP contribution in [0.25, 0.3) is 10.9 Å². The predicted octanol–water partition coefficient (Wildman–Crippen LogP) is 3.75. The summed E-state index contributed by atoms with van der Waals surface area (Å²) in [6, 6.07) is 8.24. The zero-order chi connectivity index (χ0) is 14.4. The van der Waals surface area contributed by atoms with Crippen LogP contribution in [0.1, 0.15) is 38.7 Å². The Morgan fingerprint density at radius 2 is 2.00 bits per heavy atom. The summed E-state index contributed by atoms with van der Waals surface area (Å²) in [7, 11) is 0. The van der Waals surface area contributed by atoms with Gasteiger partial charge >= 0.3 is 0 Å². The lowest BCUT2D eigenvalue weighted by molar-refractivity contribution is -0.130. The molecular weight excluding hydrogens is 248 g/mol. The van der Waals surface area contributed by atoms with Crippen molar-refractivity contribution in [3.05, 3.63) is 36.0 Å². The summed E-state index contributed by atoms with van der Waals surface area (Å²) in [5.41, 5.74) is 2.22. The number of unbranched alkanes of at least 4 members (excludes halogenated alkanes) is 1. The first kappa shape index (κ1) is 14.6. The average molecular weight is 272 g/mol. The molecular formula is C17H24N2O. The summed E-state index contributed by atoms with van der Waals surface area (Å²) in [6.45, 7) is 6.04. The Morgan fingerprint density at radius 1 is 1.15 bits per heavy atom. The highest BCUT2D eigenvalue weighted by Crippen LogP contribution is 2.15. The number of H-pyrrole nitrogens is 1. The number of amides is 1. The van der Waals surface area contributed by atoms with Crippen molar-refractivity contribution in [3.8, 4) is 0 Å². The van der Waals surface area contributed by atoms with Gasteiger partial charge in [0, 0.05) is 24.8 Å². The van der Waals surface area contributed by atoms with Crippen molar-refractivity contribution >= 4 is 16.8 Å². The molecule has 1 heterocycles. The first-order valence-electron chi connectivity index (χ1n) is 7.58. The fourth-order valence-electron chi connectivity index (χ4n) is 2.48. The molecule has 1 amide bonds. The third kappa shape index (κ3) is 3.62. The number of fused-ring (bicyclic) bond motifs is 1. The van der Waals surface area contributed by atoms with Crippen LogP contribution in [0.4, 0.5) is 0 Å². The fourth-order valence-corrected chi connectivity index (χ4v) is 2.48. The molecule has 0 spiro atoms. The van der Waals surface area contributed by atoms with Crippen LogP contribution in [0.2, 0.25) is 0 Å². The maximum absolute atomic E-state index is 12.4. The maximum Gasteiger partial charge on any atom is 0.226 e. The summed E-state index contributed by atoms with van der Waals surface area (Å²) in [5, 5.41) is 1.17. The molecule has 1 aromatic carbocycles. The first-order valence-corrected chi connectivity index (χ1v) is 7.58. The normalized spacial score (nSPS) is 10.9. The van der Waals surface area contributed by atoms with Crippen LogP contribution in [0.5, 0.6) is 0 Å². The molecule has 0 aliphatic carbocycles. The Kier molecular flexibility index (Phi) is 5.22. The molecule has 20 heavy (non-hydrogen) atoms. The second kappa shape index (κ2) is 7.13. The summed E-state index contributed by atoms with van der Waals surface area (Å²) in [6.07, 6.45) is 5.67. The van der Waals surface area contributed by atoms with Gasteiger partial charge in [0.2, 0.25) is 5.91 Å². The van der Waals surface area contributed by atoms with Crippen LogP contribution in [0, 0.1) is 0 Å². The Morgan fingerprint density at radius 3 is 2.75 bits per heavy atom. The molecule has 0 atom stereocenters. The van der Waals surface area contributed by atoms with Crippen molar-refractivity contribution in [2.75, 3.05) is 13.1 Å². The molecule has 2 rings (SSSR count). The standard InChI is InChI=1S/C17H24N2O/c1-3-5-11-19(10-4-2)17(20)13-14-6-7-16-15(12-14)8-9-18-16/h6-9,12,18H,3-5,10-11,13H2,1-2H3. The Bertz CT molecular complexity index is 559. The molecule has 0 fully saturated rings. The quantitative estimate of drug-likeness (QED) is 0.818. The molecule has 1 aromatic heterocycles. The molecule has 0 aliphatic rings. The zero-order valence-electron chi connectivity index (χ0n) is 12.5. The molecule has 0 saturated carbocycles. The van der Waals surface area contributed by atoms with E-state index in [1.807, 2.05) is 29.3 Å². The van der Waals surface area contributed by atoms with E-state index in [1.165, 1.54) is 5.39 Å². The third-order valence-corrected chi connectivity index (χ3v) is 3.60. The van der Waals surface area contributed by atoms with Crippen LogP contribution in [0.15, 0.2) is 30.5 Å². The lowest BCUT2D eigenvalue weighted by Gasteiger charge is -2.22. The summed E-state index contributed by atoms with van der Waals surface area (Å²) in [4.78, 5) is 17.6. The van der Waals surface area contributed by atoms with Gasteiger partial charge < -0.3 is 9.88 Å². The van der Waals surface area contributed by atoms with E-state index in [4.69, 9.17) is 0 Å². The number of nitrogens with zero attached hydrogens (tertiary/aromatic N) is 1. The molecule has 3 heteroatoms. The highest BCUT2D eigenvalue weighted by Gasteiger charge is 2.12. The topological polar surface area (TPSA) is 36.1 Å². The predicted molar refractivity (Wildman–Crippen MR) is 83.8 cm³/mol. The number of benzene rings is 1. The van der Waals surface area contributed by atoms with Gasteiger partial charge in [0.05, 0.1) is 6.42 Å². The van der Waals surface area contributed by atoms with Gasteiger partial charge in [-0.05, 0) is 42.0 Å². The van der Waals surface area contributed by atoms with E-state index in [0.717, 1.165) is 43.4 Å². The third-order valence-electron chi connectivity index (χ3n) is 3.60. The minimum atomic E-state index is 0.246. The number of aromatic nitrogens is 1. The largest absolute Gasteiger partial charge is 0.361 e. The zero-order valence-corrected chi connectivity index (χ0v) is 12.5. The van der Waals surface area contributed by atoms with Crippen LogP contribution in [0.3, 0.4) is 0 Å². The number of carbonyl (C=O) groups excluding carboxylic acids is 1. The smallest absolute Gasteiger partial charge is 0.226 e. The number of hydrogen-bond acceptors (Lipinski definition) is 1. The molecule has 0 saturated heterocycles. The lowest BCUT2D eigenvalue weighted by Crippen LogP contribution is -2.33. The second-order valence-corrected chi connectivity index (χ2v) is 5.31. The van der Waals surface area contributed by atoms with Crippen molar-refractivity contribution < 1.29 is 4.79 Å². The number of rotatable bonds is 7. The SMILES string of the molecule is CCCCN(CCC)C(=O)Cc1ccc2[nH]ccc2c1. The Hall–Kier alpha value is -1.77. The number of nitrogens with one attached hydrogen (secondary N) is 1. The van der Waals surface area contributed by atoms with E-state index in [-0.39, 0.29) is 5.91 Å². The summed E-state index contributed by atoms with van der Waals surface area (Å²) < 4.78 is 0. The molecule has 0 unspecified atom stereocenters. The van der Waals surface area contributed by atoms with E-state index in [0.29, 0.717) is 6.42 Å². The van der Waals surface area contributed by atoms with E-state index < -0.39 is 0 Å². The first-order chi connectivity index (χ1) is 9.74. The van der Waals surface area contributed by atoms with Crippen molar-refractivity contribution in [1.29, 1.82) is 0 Å². The van der Waals surface area contributed by atoms with E-state index >= 15 is 0 Å². The lowest BCUT2D eigenvalue weighted by atomic mass is 10.1. The van der Waals surface area contributed by atoms with Crippen molar-refractivity contribution in [2.24, 2.45) is 0 Å². The molecule has 108 valence electrons. The van der Waals surface area contributed by atoms with E-state index in [1.54, 1.807) is 0 Å². The molecule has 2 aromatic rings. The van der Waals surface area contributed by atoms with Crippen LogP contribution >= 0.6 is 0 Å². The Balaban J connectivity index is 2.03. The van der Waals surface area contributed by atoms with Gasteiger partial charge in [-0.1, -0.05) is 26.3 Å². The number of aromatic amines is 1. The van der Waals surface area contributed by atoms with Gasteiger partial charge in [0.25, 0.3) is 0 Å². The van der Waals surface area contributed by atoms with Crippen molar-refractivity contribution in [1.82, 2.24) is 9.88 Å². The van der Waals surface area contributed by atoms with Gasteiger partial charge in [-0.3, -0.25) is 4.79 Å².